The number of rotatable bonds is 8. The second-order valence-corrected chi connectivity index (χ2v) is 7.94. The van der Waals surface area contributed by atoms with Crippen LogP contribution in [0.4, 0.5) is 0 Å². The number of carbonyl (C=O) groups excluding carboxylic acids is 1. The summed E-state index contributed by atoms with van der Waals surface area (Å²) in [6.45, 7) is 6.26. The Labute approximate surface area is 174 Å². The molecule has 1 N–H and O–H groups in total. The molecule has 1 atom stereocenters. The number of piperidine rings is 1. The third kappa shape index (κ3) is 6.23. The van der Waals surface area contributed by atoms with Crippen LogP contribution in [-0.2, 0) is 24.3 Å². The van der Waals surface area contributed by atoms with Gasteiger partial charge in [-0.3, -0.25) is 9.69 Å². The summed E-state index contributed by atoms with van der Waals surface area (Å²) in [5.41, 5.74) is 3.34. The maximum Gasteiger partial charge on any atom is 0.224 e. The number of benzene rings is 2. The van der Waals surface area contributed by atoms with Gasteiger partial charge in [-0.25, -0.2) is 0 Å². The molecule has 1 aliphatic rings. The molecule has 0 bridgehead atoms. The number of methoxy groups -OCH3 is 2. The number of amides is 1. The Bertz CT molecular complexity index is 804. The Morgan fingerprint density at radius 3 is 2.41 bits per heavy atom. The highest BCUT2D eigenvalue weighted by Gasteiger charge is 2.16. The fraction of sp³-hybridized carbons (Fsp3) is 0.458. The van der Waals surface area contributed by atoms with Crippen LogP contribution in [0.25, 0.3) is 0 Å². The Kier molecular flexibility index (Phi) is 7.53. The Balaban J connectivity index is 1.47. The normalized spacial score (nSPS) is 17.0. The van der Waals surface area contributed by atoms with Crippen LogP contribution in [-0.4, -0.2) is 38.1 Å². The van der Waals surface area contributed by atoms with E-state index in [9.17, 15) is 4.79 Å². The zero-order chi connectivity index (χ0) is 20.6. The predicted molar refractivity (Wildman–Crippen MR) is 115 cm³/mol. The van der Waals surface area contributed by atoms with Crippen LogP contribution in [0.1, 0.15) is 36.5 Å². The number of likely N-dealkylation sites (tertiary alicyclic amines) is 1. The van der Waals surface area contributed by atoms with E-state index >= 15 is 0 Å². The summed E-state index contributed by atoms with van der Waals surface area (Å²) in [6, 6.07) is 14.1. The molecule has 5 nitrogen and oxygen atoms in total. The van der Waals surface area contributed by atoms with Crippen LogP contribution in [0, 0.1) is 5.92 Å². The van der Waals surface area contributed by atoms with Crippen molar-refractivity contribution in [3.8, 4) is 11.5 Å². The standard InChI is InChI=1S/C24H32N2O3/c1-18-5-4-12-26(16-18)17-20-8-6-19(7-9-20)15-25-24(27)14-21-10-11-22(28-2)23(13-21)29-3/h6-11,13,18H,4-5,12,14-17H2,1-3H3,(H,25,27). The lowest BCUT2D eigenvalue weighted by atomic mass is 9.99. The minimum atomic E-state index is -0.0106. The largest absolute Gasteiger partial charge is 0.493 e. The van der Waals surface area contributed by atoms with E-state index < -0.39 is 0 Å². The molecule has 5 heteroatoms. The molecule has 2 aromatic carbocycles. The molecule has 1 unspecified atom stereocenters. The second kappa shape index (κ2) is 10.3. The first kappa shape index (κ1) is 21.2. The maximum absolute atomic E-state index is 12.3. The molecule has 0 spiro atoms. The number of nitrogens with one attached hydrogen (secondary N) is 1. The molecular formula is C24H32N2O3. The SMILES string of the molecule is COc1ccc(CC(=O)NCc2ccc(CN3CCCC(C)C3)cc2)cc1OC. The summed E-state index contributed by atoms with van der Waals surface area (Å²) in [5, 5.41) is 3.00. The third-order valence-corrected chi connectivity index (χ3v) is 5.47. The van der Waals surface area contributed by atoms with Crippen molar-refractivity contribution < 1.29 is 14.3 Å². The summed E-state index contributed by atoms with van der Waals surface area (Å²) >= 11 is 0. The summed E-state index contributed by atoms with van der Waals surface area (Å²) in [4.78, 5) is 14.8. The van der Waals surface area contributed by atoms with Gasteiger partial charge in [-0.1, -0.05) is 37.3 Å². The molecule has 0 radical (unpaired) electrons. The molecule has 1 amide bonds. The number of ether oxygens (including phenoxy) is 2. The van der Waals surface area contributed by atoms with E-state index in [1.165, 1.54) is 31.5 Å². The summed E-state index contributed by atoms with van der Waals surface area (Å²) in [7, 11) is 3.19. The summed E-state index contributed by atoms with van der Waals surface area (Å²) in [6.07, 6.45) is 2.95. The molecule has 156 valence electrons. The molecule has 1 heterocycles. The van der Waals surface area contributed by atoms with Gasteiger partial charge in [0.15, 0.2) is 11.5 Å². The fourth-order valence-corrected chi connectivity index (χ4v) is 3.89. The van der Waals surface area contributed by atoms with Gasteiger partial charge >= 0.3 is 0 Å². The summed E-state index contributed by atoms with van der Waals surface area (Å²) < 4.78 is 10.5. The van der Waals surface area contributed by atoms with Crippen molar-refractivity contribution in [1.82, 2.24) is 10.2 Å². The topological polar surface area (TPSA) is 50.8 Å². The van der Waals surface area contributed by atoms with Crippen molar-refractivity contribution in [2.75, 3.05) is 27.3 Å². The molecule has 0 saturated carbocycles. The van der Waals surface area contributed by atoms with Crippen LogP contribution < -0.4 is 14.8 Å². The van der Waals surface area contributed by atoms with Gasteiger partial charge in [0.05, 0.1) is 20.6 Å². The predicted octanol–water partition coefficient (Wildman–Crippen LogP) is 3.79. The summed E-state index contributed by atoms with van der Waals surface area (Å²) in [5.74, 6) is 2.08. The number of carbonyl (C=O) groups is 1. The smallest absolute Gasteiger partial charge is 0.224 e. The molecule has 0 aliphatic carbocycles. The van der Waals surface area contributed by atoms with Crippen molar-refractivity contribution in [1.29, 1.82) is 0 Å². The number of hydrogen-bond donors (Lipinski definition) is 1. The molecule has 29 heavy (non-hydrogen) atoms. The van der Waals surface area contributed by atoms with E-state index in [0.717, 1.165) is 23.6 Å². The van der Waals surface area contributed by atoms with E-state index in [4.69, 9.17) is 9.47 Å². The van der Waals surface area contributed by atoms with Gasteiger partial charge in [-0.15, -0.1) is 0 Å². The second-order valence-electron chi connectivity index (χ2n) is 7.94. The first-order chi connectivity index (χ1) is 14.1. The van der Waals surface area contributed by atoms with Crippen LogP contribution in [0.5, 0.6) is 11.5 Å². The van der Waals surface area contributed by atoms with Crippen molar-refractivity contribution in [2.45, 2.75) is 39.3 Å². The van der Waals surface area contributed by atoms with E-state index in [1.54, 1.807) is 14.2 Å². The highest BCUT2D eigenvalue weighted by Crippen LogP contribution is 2.27. The fourth-order valence-electron chi connectivity index (χ4n) is 3.89. The van der Waals surface area contributed by atoms with Crippen molar-refractivity contribution in [3.05, 3.63) is 59.2 Å². The molecule has 2 aromatic rings. The molecule has 0 aromatic heterocycles. The van der Waals surface area contributed by atoms with Gasteiger partial charge in [-0.2, -0.15) is 0 Å². The highest BCUT2D eigenvalue weighted by atomic mass is 16.5. The van der Waals surface area contributed by atoms with Gasteiger partial charge in [0.2, 0.25) is 5.91 Å². The van der Waals surface area contributed by atoms with E-state index in [-0.39, 0.29) is 5.91 Å². The van der Waals surface area contributed by atoms with Crippen molar-refractivity contribution in [3.63, 3.8) is 0 Å². The monoisotopic (exact) mass is 396 g/mol. The average Bonchev–Trinajstić information content (AvgIpc) is 2.73. The first-order valence-electron chi connectivity index (χ1n) is 10.3. The minimum absolute atomic E-state index is 0.0106. The van der Waals surface area contributed by atoms with Gasteiger partial charge in [-0.05, 0) is 54.1 Å². The highest BCUT2D eigenvalue weighted by molar-refractivity contribution is 5.78. The third-order valence-electron chi connectivity index (χ3n) is 5.47. The van der Waals surface area contributed by atoms with Crippen molar-refractivity contribution in [2.24, 2.45) is 5.92 Å². The molecule has 1 saturated heterocycles. The lowest BCUT2D eigenvalue weighted by molar-refractivity contribution is -0.120. The zero-order valence-electron chi connectivity index (χ0n) is 17.7. The lowest BCUT2D eigenvalue weighted by Crippen LogP contribution is -2.33. The Morgan fingerprint density at radius 1 is 1.03 bits per heavy atom. The minimum Gasteiger partial charge on any atom is -0.493 e. The molecular weight excluding hydrogens is 364 g/mol. The van der Waals surface area contributed by atoms with Crippen LogP contribution >= 0.6 is 0 Å². The number of hydrogen-bond acceptors (Lipinski definition) is 4. The molecule has 3 rings (SSSR count). The quantitative estimate of drug-likeness (QED) is 0.738. The number of nitrogens with zero attached hydrogens (tertiary/aromatic N) is 1. The molecule has 1 aliphatic heterocycles. The zero-order valence-corrected chi connectivity index (χ0v) is 17.7. The van der Waals surface area contributed by atoms with E-state index in [1.807, 2.05) is 18.2 Å². The van der Waals surface area contributed by atoms with E-state index in [2.05, 4.69) is 41.4 Å². The first-order valence-corrected chi connectivity index (χ1v) is 10.3. The van der Waals surface area contributed by atoms with E-state index in [0.29, 0.717) is 24.5 Å². The van der Waals surface area contributed by atoms with Gasteiger partial charge < -0.3 is 14.8 Å². The Morgan fingerprint density at radius 2 is 1.72 bits per heavy atom. The Hall–Kier alpha value is -2.53. The van der Waals surface area contributed by atoms with Crippen molar-refractivity contribution >= 4 is 5.91 Å². The van der Waals surface area contributed by atoms with Crippen LogP contribution in [0.15, 0.2) is 42.5 Å². The maximum atomic E-state index is 12.3. The molecule has 1 fully saturated rings. The van der Waals surface area contributed by atoms with Crippen LogP contribution in [0.3, 0.4) is 0 Å². The van der Waals surface area contributed by atoms with Crippen LogP contribution in [0.2, 0.25) is 0 Å². The van der Waals surface area contributed by atoms with Gasteiger partial charge in [0.1, 0.15) is 0 Å². The van der Waals surface area contributed by atoms with Gasteiger partial charge in [0.25, 0.3) is 0 Å². The average molecular weight is 397 g/mol. The lowest BCUT2D eigenvalue weighted by Gasteiger charge is -2.30. The van der Waals surface area contributed by atoms with Gasteiger partial charge in [0, 0.05) is 19.6 Å².